The number of hydrogen-bond acceptors (Lipinski definition) is 14. The van der Waals surface area contributed by atoms with Crippen molar-refractivity contribution in [1.82, 2.24) is 14.9 Å². The largest absolute Gasteiger partial charge is 0.483 e. The van der Waals surface area contributed by atoms with Crippen LogP contribution in [0.25, 0.3) is 0 Å². The Hall–Kier alpha value is -1.83. The maximum absolute atomic E-state index is 12.5. The summed E-state index contributed by atoms with van der Waals surface area (Å²) in [6, 6.07) is -1.66. The van der Waals surface area contributed by atoms with Crippen molar-refractivity contribution in [2.24, 2.45) is 0 Å². The first-order valence-corrected chi connectivity index (χ1v) is 14.8. The van der Waals surface area contributed by atoms with Gasteiger partial charge >= 0.3 is 21.3 Å². The van der Waals surface area contributed by atoms with Gasteiger partial charge in [0.05, 0.1) is 19.3 Å². The van der Waals surface area contributed by atoms with Gasteiger partial charge in [-0.05, 0) is 6.92 Å². The van der Waals surface area contributed by atoms with Gasteiger partial charge in [-0.15, -0.1) is 0 Å². The fraction of sp³-hybridized carbons (Fsp3) is 0.737. The van der Waals surface area contributed by atoms with E-state index in [1.54, 1.807) is 0 Å². The van der Waals surface area contributed by atoms with Crippen LogP contribution in [0.3, 0.4) is 0 Å². The first-order valence-electron chi connectivity index (χ1n) is 11.8. The van der Waals surface area contributed by atoms with Crippen LogP contribution in [0.4, 0.5) is 0 Å². The topological polar surface area (TPSA) is 286 Å². The number of amides is 1. The number of H-pyrrole nitrogens is 1. The van der Waals surface area contributed by atoms with Gasteiger partial charge in [-0.25, -0.2) is 13.9 Å². The summed E-state index contributed by atoms with van der Waals surface area (Å²) >= 11 is 0. The zero-order chi connectivity index (χ0) is 30.0. The van der Waals surface area contributed by atoms with Gasteiger partial charge in [0.15, 0.2) is 6.29 Å². The van der Waals surface area contributed by atoms with Gasteiger partial charge in [-0.1, -0.05) is 6.92 Å². The fourth-order valence-electron chi connectivity index (χ4n) is 3.92. The Morgan fingerprint density at radius 2 is 1.82 bits per heavy atom. The Balaban J connectivity index is 1.65. The van der Waals surface area contributed by atoms with Crippen molar-refractivity contribution in [3.63, 3.8) is 0 Å². The van der Waals surface area contributed by atoms with Crippen LogP contribution >= 0.6 is 15.6 Å². The molecule has 1 aromatic heterocycles. The third-order valence-corrected chi connectivity index (χ3v) is 8.64. The van der Waals surface area contributed by atoms with Gasteiger partial charge in [-0.3, -0.25) is 28.2 Å². The van der Waals surface area contributed by atoms with E-state index in [4.69, 9.17) is 14.0 Å². The van der Waals surface area contributed by atoms with Gasteiger partial charge in [-0.2, -0.15) is 4.31 Å². The van der Waals surface area contributed by atoms with Crippen molar-refractivity contribution < 1.29 is 67.0 Å². The number of phosphoric acid groups is 2. The lowest BCUT2D eigenvalue weighted by Gasteiger charge is -2.42. The third-order valence-electron chi connectivity index (χ3n) is 6.04. The van der Waals surface area contributed by atoms with Gasteiger partial charge in [0, 0.05) is 24.6 Å². The average Bonchev–Trinajstić information content (AvgIpc) is 3.23. The summed E-state index contributed by atoms with van der Waals surface area (Å²) in [7, 11) is -11.0. The summed E-state index contributed by atoms with van der Waals surface area (Å²) in [5.74, 6) is -0.687. The van der Waals surface area contributed by atoms with Crippen molar-refractivity contribution in [3.8, 4) is 0 Å². The number of carbonyl (C=O) groups is 1. The molecule has 0 saturated carbocycles. The molecule has 2 unspecified atom stereocenters. The number of hydrogen-bond donors (Lipinski definition) is 8. The van der Waals surface area contributed by atoms with Gasteiger partial charge in [0.2, 0.25) is 5.91 Å². The van der Waals surface area contributed by atoms with Gasteiger partial charge in [0.1, 0.15) is 36.7 Å². The van der Waals surface area contributed by atoms with Crippen LogP contribution < -0.4 is 16.6 Å². The van der Waals surface area contributed by atoms with Crippen molar-refractivity contribution in [2.75, 3.05) is 13.2 Å². The maximum atomic E-state index is 12.5. The molecule has 19 nitrogen and oxygen atoms in total. The average molecular weight is 619 g/mol. The number of aromatic nitrogens is 2. The first kappa shape index (κ1) is 32.7. The van der Waals surface area contributed by atoms with E-state index < -0.39 is 95.1 Å². The molecule has 3 heterocycles. The molecular formula is C19H31N3O16P2. The molecule has 0 aromatic carbocycles. The lowest BCUT2D eigenvalue weighted by atomic mass is 9.97. The van der Waals surface area contributed by atoms with E-state index in [2.05, 4.69) is 19.1 Å². The van der Waals surface area contributed by atoms with E-state index in [0.29, 0.717) is 0 Å². The summed E-state index contributed by atoms with van der Waals surface area (Å²) in [6.07, 6.45) is -9.97. The summed E-state index contributed by atoms with van der Waals surface area (Å²) < 4.78 is 50.2. The van der Waals surface area contributed by atoms with Crippen molar-refractivity contribution in [2.45, 2.75) is 75.8 Å². The Morgan fingerprint density at radius 3 is 2.45 bits per heavy atom. The predicted molar refractivity (Wildman–Crippen MR) is 128 cm³/mol. The van der Waals surface area contributed by atoms with Crippen molar-refractivity contribution >= 4 is 21.6 Å². The second-order valence-electron chi connectivity index (χ2n) is 8.98. The van der Waals surface area contributed by atoms with Crippen molar-refractivity contribution in [1.29, 1.82) is 0 Å². The van der Waals surface area contributed by atoms with Crippen LogP contribution in [0.15, 0.2) is 15.8 Å². The lowest BCUT2D eigenvalue weighted by Crippen LogP contribution is -2.64. The molecule has 2 fully saturated rings. The number of nitrogens with one attached hydrogen (secondary N) is 2. The van der Waals surface area contributed by atoms with Crippen LogP contribution in [0.5, 0.6) is 0 Å². The minimum atomic E-state index is -5.58. The molecule has 2 aliphatic heterocycles. The fourth-order valence-corrected chi connectivity index (χ4v) is 6.09. The molecule has 1 aromatic rings. The van der Waals surface area contributed by atoms with Crippen LogP contribution in [0, 0.1) is 6.92 Å². The lowest BCUT2D eigenvalue weighted by molar-refractivity contribution is -0.248. The molecule has 0 radical (unpaired) electrons. The minimum absolute atomic E-state index is 0.102. The summed E-state index contributed by atoms with van der Waals surface area (Å²) in [5.41, 5.74) is -1.28. The molecular weight excluding hydrogens is 588 g/mol. The minimum Gasteiger partial charge on any atom is -0.394 e. The Morgan fingerprint density at radius 1 is 1.15 bits per heavy atom. The number of carbonyl (C=O) groups excluding carboxylic acids is 1. The van der Waals surface area contributed by atoms with E-state index in [1.807, 2.05) is 0 Å². The number of phosphoric ester groups is 2. The molecule has 0 spiro atoms. The van der Waals surface area contributed by atoms with Crippen LogP contribution in [0.1, 0.15) is 31.6 Å². The summed E-state index contributed by atoms with van der Waals surface area (Å²) in [4.78, 5) is 57.6. The van der Waals surface area contributed by atoms with E-state index in [0.717, 1.165) is 4.57 Å². The van der Waals surface area contributed by atoms with Crippen LogP contribution in [0.2, 0.25) is 0 Å². The van der Waals surface area contributed by atoms with Gasteiger partial charge < -0.3 is 45.0 Å². The standard InChI is InChI=1S/C19H31N3O16P2/c1-3-12(25)20-14-16(27)15(26)10(6-23)36-18(14)37-40(32,33)38-39(30,31)34-7-11-9(24)4-13(35-11)22-5-8(2)17(28)21-19(22)29/h5,9-11,13-16,18,23-24,26-27H,3-4,6-7H2,1-2H3,(H,20,25)(H,30,31)(H,32,33)(H,21,28,29)/t9-,10+,11+,13+,14+,15+,16+,18+/m0/s1. The molecule has 2 aliphatic rings. The normalized spacial score (nSPS) is 33.7. The number of rotatable bonds is 11. The highest BCUT2D eigenvalue weighted by Crippen LogP contribution is 2.61. The zero-order valence-corrected chi connectivity index (χ0v) is 22.9. The molecule has 21 heteroatoms. The molecule has 0 aliphatic carbocycles. The summed E-state index contributed by atoms with van der Waals surface area (Å²) in [6.45, 7) is 1.14. The van der Waals surface area contributed by atoms with Crippen LogP contribution in [-0.4, -0.2) is 102 Å². The Bertz CT molecular complexity index is 1270. The molecule has 2 saturated heterocycles. The van der Waals surface area contributed by atoms with Crippen LogP contribution in [-0.2, 0) is 36.8 Å². The monoisotopic (exact) mass is 619 g/mol. The molecule has 1 amide bonds. The Labute approximate surface area is 225 Å². The highest BCUT2D eigenvalue weighted by molar-refractivity contribution is 7.61. The van der Waals surface area contributed by atoms with E-state index in [1.165, 1.54) is 20.0 Å². The highest BCUT2D eigenvalue weighted by atomic mass is 31.3. The van der Waals surface area contributed by atoms with E-state index >= 15 is 0 Å². The second kappa shape index (κ2) is 13.0. The van der Waals surface area contributed by atoms with Gasteiger partial charge in [0.25, 0.3) is 5.56 Å². The number of aliphatic hydroxyl groups is 4. The molecule has 228 valence electrons. The zero-order valence-electron chi connectivity index (χ0n) is 21.1. The van der Waals surface area contributed by atoms with Crippen molar-refractivity contribution in [3.05, 3.63) is 32.6 Å². The summed E-state index contributed by atoms with van der Waals surface area (Å²) in [5, 5.41) is 42.2. The Kier molecular flexibility index (Phi) is 10.6. The first-order chi connectivity index (χ1) is 18.6. The van der Waals surface area contributed by atoms with E-state index in [9.17, 15) is 53.7 Å². The smallest absolute Gasteiger partial charge is 0.394 e. The number of aryl methyl sites for hydroxylation is 1. The second-order valence-corrected chi connectivity index (χ2v) is 12.0. The highest BCUT2D eigenvalue weighted by Gasteiger charge is 2.49. The number of aromatic amines is 1. The molecule has 8 N–H and O–H groups in total. The third kappa shape index (κ3) is 7.92. The number of ether oxygens (including phenoxy) is 2. The maximum Gasteiger partial charge on any atom is 0.483 e. The molecule has 3 rings (SSSR count). The predicted octanol–water partition coefficient (Wildman–Crippen LogP) is -2.92. The molecule has 0 bridgehead atoms. The molecule has 40 heavy (non-hydrogen) atoms. The number of nitrogens with zero attached hydrogens (tertiary/aromatic N) is 1. The quantitative estimate of drug-likeness (QED) is 0.115. The number of aliphatic hydroxyl groups excluding tert-OH is 4. The SMILES string of the molecule is CCC(=O)N[C@H]1[C@@H](OP(=O)(O)OP(=O)(O)OC[C@H]2O[C@@H](n3cc(C)c(=O)[nH]c3=O)C[C@@H]2O)O[C@H](CO)[C@@H](O)[C@@H]1O. The molecule has 10 atom stereocenters. The van der Waals surface area contributed by atoms with E-state index in [-0.39, 0.29) is 18.4 Å².